The van der Waals surface area contributed by atoms with Crippen LogP contribution < -0.4 is 5.32 Å². The fraction of sp³-hybridized carbons (Fsp3) is 0.444. The number of thiophene rings is 1. The summed E-state index contributed by atoms with van der Waals surface area (Å²) in [5, 5.41) is 3.68. The molecule has 0 radical (unpaired) electrons. The fourth-order valence-electron chi connectivity index (χ4n) is 2.29. The van der Waals surface area contributed by atoms with Crippen LogP contribution in [0.2, 0.25) is 0 Å². The Balaban J connectivity index is 2.00. The van der Waals surface area contributed by atoms with Gasteiger partial charge >= 0.3 is 0 Å². The topological polar surface area (TPSA) is 12.0 Å². The number of benzene rings is 1. The van der Waals surface area contributed by atoms with Crippen molar-refractivity contribution in [1.29, 1.82) is 0 Å². The van der Waals surface area contributed by atoms with Crippen LogP contribution in [0.25, 0.3) is 0 Å². The van der Waals surface area contributed by atoms with Crippen LogP contribution in [0.3, 0.4) is 0 Å². The molecule has 1 N–H and O–H groups in total. The van der Waals surface area contributed by atoms with E-state index in [1.54, 1.807) is 0 Å². The zero-order valence-electron chi connectivity index (χ0n) is 13.2. The van der Waals surface area contributed by atoms with Crippen molar-refractivity contribution in [3.05, 3.63) is 56.2 Å². The minimum atomic E-state index is 0.249. The molecule has 1 aromatic carbocycles. The van der Waals surface area contributed by atoms with Crippen LogP contribution in [0.1, 0.15) is 55.5 Å². The van der Waals surface area contributed by atoms with Crippen LogP contribution in [0, 0.1) is 0 Å². The molecule has 2 rings (SSSR count). The number of hydrogen-bond acceptors (Lipinski definition) is 2. The van der Waals surface area contributed by atoms with Gasteiger partial charge < -0.3 is 5.32 Å². The van der Waals surface area contributed by atoms with Gasteiger partial charge in [0.05, 0.1) is 0 Å². The molecule has 1 nitrogen and oxygen atoms in total. The average molecular weight is 366 g/mol. The molecular formula is C18H24BrNS. The van der Waals surface area contributed by atoms with Gasteiger partial charge in [-0.2, -0.15) is 0 Å². The third-order valence-corrected chi connectivity index (χ3v) is 5.64. The highest BCUT2D eigenvalue weighted by atomic mass is 79.9. The summed E-state index contributed by atoms with van der Waals surface area (Å²) in [4.78, 5) is 2.87. The predicted octanol–water partition coefficient (Wildman–Crippen LogP) is 6.05. The lowest BCUT2D eigenvalue weighted by Gasteiger charge is -2.17. The van der Waals surface area contributed by atoms with Crippen molar-refractivity contribution >= 4 is 27.3 Å². The fourth-order valence-corrected chi connectivity index (χ4v) is 3.57. The van der Waals surface area contributed by atoms with Crippen molar-refractivity contribution in [2.45, 2.75) is 52.1 Å². The summed E-state index contributed by atoms with van der Waals surface area (Å²) in [5.74, 6) is 0. The Hall–Kier alpha value is -0.640. The molecule has 0 amide bonds. The minimum absolute atomic E-state index is 0.249. The van der Waals surface area contributed by atoms with E-state index in [0.717, 1.165) is 17.4 Å². The van der Waals surface area contributed by atoms with Crippen molar-refractivity contribution in [3.8, 4) is 0 Å². The monoisotopic (exact) mass is 365 g/mol. The first kappa shape index (κ1) is 16.7. The van der Waals surface area contributed by atoms with Crippen LogP contribution in [0.4, 0.5) is 0 Å². The van der Waals surface area contributed by atoms with E-state index in [1.165, 1.54) is 15.3 Å². The smallest absolute Gasteiger partial charge is 0.0320 e. The van der Waals surface area contributed by atoms with Gasteiger partial charge in [0.25, 0.3) is 0 Å². The van der Waals surface area contributed by atoms with Crippen LogP contribution in [0.15, 0.2) is 40.9 Å². The van der Waals surface area contributed by atoms with Crippen LogP contribution in [-0.2, 0) is 12.0 Å². The first-order chi connectivity index (χ1) is 9.90. The van der Waals surface area contributed by atoms with Gasteiger partial charge in [0.15, 0.2) is 0 Å². The van der Waals surface area contributed by atoms with E-state index in [4.69, 9.17) is 0 Å². The molecule has 0 bridgehead atoms. The standard InChI is InChI=1S/C18H24BrNS/c1-5-16(13-6-8-14(19)9-7-13)20-12-15-10-11-17(21-15)18(2,3)4/h6-11,16,20H,5,12H2,1-4H3. The summed E-state index contributed by atoms with van der Waals surface area (Å²) in [6.07, 6.45) is 1.10. The lowest BCUT2D eigenvalue weighted by atomic mass is 9.95. The van der Waals surface area contributed by atoms with E-state index >= 15 is 0 Å². The molecule has 1 atom stereocenters. The molecular weight excluding hydrogens is 342 g/mol. The number of nitrogens with one attached hydrogen (secondary N) is 1. The first-order valence-corrected chi connectivity index (χ1v) is 9.09. The van der Waals surface area contributed by atoms with E-state index in [2.05, 4.69) is 85.3 Å². The molecule has 2 aromatic rings. The molecule has 0 aliphatic carbocycles. The van der Waals surface area contributed by atoms with Gasteiger partial charge in [-0.05, 0) is 41.7 Å². The average Bonchev–Trinajstić information content (AvgIpc) is 2.90. The number of rotatable bonds is 5. The molecule has 1 unspecified atom stereocenters. The number of hydrogen-bond donors (Lipinski definition) is 1. The molecule has 0 aliphatic rings. The largest absolute Gasteiger partial charge is 0.305 e. The lowest BCUT2D eigenvalue weighted by molar-refractivity contribution is 0.522. The predicted molar refractivity (Wildman–Crippen MR) is 97.0 cm³/mol. The maximum absolute atomic E-state index is 3.68. The molecule has 0 saturated heterocycles. The zero-order valence-corrected chi connectivity index (χ0v) is 15.6. The van der Waals surface area contributed by atoms with Crippen LogP contribution in [0.5, 0.6) is 0 Å². The van der Waals surface area contributed by atoms with Crippen molar-refractivity contribution in [3.63, 3.8) is 0 Å². The van der Waals surface area contributed by atoms with Crippen molar-refractivity contribution in [1.82, 2.24) is 5.32 Å². The second-order valence-electron chi connectivity index (χ2n) is 6.41. The Morgan fingerprint density at radius 3 is 2.29 bits per heavy atom. The molecule has 0 saturated carbocycles. The zero-order chi connectivity index (χ0) is 15.5. The normalized spacial score (nSPS) is 13.4. The van der Waals surface area contributed by atoms with Crippen molar-refractivity contribution < 1.29 is 0 Å². The van der Waals surface area contributed by atoms with Crippen molar-refractivity contribution in [2.75, 3.05) is 0 Å². The summed E-state index contributed by atoms with van der Waals surface area (Å²) >= 11 is 5.41. The molecule has 3 heteroatoms. The van der Waals surface area contributed by atoms with Gasteiger partial charge in [-0.1, -0.05) is 55.8 Å². The summed E-state index contributed by atoms with van der Waals surface area (Å²) in [7, 11) is 0. The summed E-state index contributed by atoms with van der Waals surface area (Å²) in [6.45, 7) is 9.98. The Labute approximate surface area is 140 Å². The van der Waals surface area contributed by atoms with E-state index in [9.17, 15) is 0 Å². The molecule has 114 valence electrons. The van der Waals surface area contributed by atoms with Gasteiger partial charge in [-0.15, -0.1) is 11.3 Å². The Morgan fingerprint density at radius 2 is 1.76 bits per heavy atom. The summed E-state index contributed by atoms with van der Waals surface area (Å²) < 4.78 is 1.13. The molecule has 0 aliphatic heterocycles. The highest BCUT2D eigenvalue weighted by Gasteiger charge is 2.16. The van der Waals surface area contributed by atoms with Crippen molar-refractivity contribution in [2.24, 2.45) is 0 Å². The summed E-state index contributed by atoms with van der Waals surface area (Å²) in [5.41, 5.74) is 1.60. The van der Waals surface area contributed by atoms with Gasteiger partial charge in [0, 0.05) is 26.8 Å². The second-order valence-corrected chi connectivity index (χ2v) is 8.49. The molecule has 0 fully saturated rings. The minimum Gasteiger partial charge on any atom is -0.305 e. The summed E-state index contributed by atoms with van der Waals surface area (Å²) in [6, 6.07) is 13.6. The third-order valence-electron chi connectivity index (χ3n) is 3.60. The van der Waals surface area contributed by atoms with Gasteiger partial charge in [0.1, 0.15) is 0 Å². The molecule has 0 spiro atoms. The first-order valence-electron chi connectivity index (χ1n) is 7.48. The maximum atomic E-state index is 3.68. The molecule has 21 heavy (non-hydrogen) atoms. The van der Waals surface area contributed by atoms with E-state index in [0.29, 0.717) is 6.04 Å². The third kappa shape index (κ3) is 4.67. The SMILES string of the molecule is CCC(NCc1ccc(C(C)(C)C)s1)c1ccc(Br)cc1. The van der Waals surface area contributed by atoms with E-state index in [-0.39, 0.29) is 5.41 Å². The lowest BCUT2D eigenvalue weighted by Crippen LogP contribution is -2.19. The Bertz CT molecular complexity index is 566. The highest BCUT2D eigenvalue weighted by Crippen LogP contribution is 2.30. The number of halogens is 1. The van der Waals surface area contributed by atoms with Crippen LogP contribution in [-0.4, -0.2) is 0 Å². The highest BCUT2D eigenvalue weighted by molar-refractivity contribution is 9.10. The second kappa shape index (κ2) is 7.08. The Kier molecular flexibility index (Phi) is 5.64. The quantitative estimate of drug-likeness (QED) is 0.679. The maximum Gasteiger partial charge on any atom is 0.0320 e. The van der Waals surface area contributed by atoms with Gasteiger partial charge in [-0.25, -0.2) is 0 Å². The Morgan fingerprint density at radius 1 is 1.10 bits per heavy atom. The van der Waals surface area contributed by atoms with E-state index in [1.807, 2.05) is 11.3 Å². The molecule has 1 heterocycles. The molecule has 1 aromatic heterocycles. The van der Waals surface area contributed by atoms with Gasteiger partial charge in [-0.3, -0.25) is 0 Å². The van der Waals surface area contributed by atoms with Gasteiger partial charge in [0.2, 0.25) is 0 Å². The van der Waals surface area contributed by atoms with Crippen LogP contribution >= 0.6 is 27.3 Å². The van der Waals surface area contributed by atoms with E-state index < -0.39 is 0 Å².